The summed E-state index contributed by atoms with van der Waals surface area (Å²) >= 11 is 0. The van der Waals surface area contributed by atoms with Crippen molar-refractivity contribution in [2.75, 3.05) is 36.5 Å². The maximum atomic E-state index is 13.1. The minimum atomic E-state index is -2.68. The number of amides is 2. The number of halogens is 2. The van der Waals surface area contributed by atoms with Crippen molar-refractivity contribution in [2.24, 2.45) is 0 Å². The number of fused-ring (bicyclic) bond motifs is 5. The predicted octanol–water partition coefficient (Wildman–Crippen LogP) is 3.42. The zero-order chi connectivity index (χ0) is 24.5. The molecule has 2 bridgehead atoms. The number of carbonyl (C=O) groups excluding carboxylic acids is 2. The van der Waals surface area contributed by atoms with Gasteiger partial charge < -0.3 is 14.6 Å². The van der Waals surface area contributed by atoms with E-state index >= 15 is 0 Å². The fourth-order valence-corrected chi connectivity index (χ4v) is 4.97. The molecule has 0 saturated carbocycles. The molecule has 3 saturated heterocycles. The number of nitrogens with one attached hydrogen (secondary N) is 1. The average molecular weight is 484 g/mol. The summed E-state index contributed by atoms with van der Waals surface area (Å²) in [5, 5.41) is 12.1. The standard InChI is InChI=1S/C25H27F2N5O3/c26-23(27)16-3-1-4-17(13-16)24(35)29-25-28-20-14-19(5-6-21(20)31(25)9-2-12-33)32-18-7-10-30(11-8-18)15-22(32)34/h1,3-6,13-14,18,23,33H,2,7-12,15H2,(H,28,29,35). The molecule has 3 aromatic rings. The van der Waals surface area contributed by atoms with E-state index in [0.29, 0.717) is 25.0 Å². The van der Waals surface area contributed by atoms with Crippen LogP contribution in [0.4, 0.5) is 20.4 Å². The summed E-state index contributed by atoms with van der Waals surface area (Å²) < 4.78 is 27.9. The smallest absolute Gasteiger partial charge is 0.263 e. The molecule has 35 heavy (non-hydrogen) atoms. The van der Waals surface area contributed by atoms with E-state index in [1.165, 1.54) is 18.2 Å². The first kappa shape index (κ1) is 23.4. The molecule has 2 amide bonds. The van der Waals surface area contributed by atoms with Gasteiger partial charge >= 0.3 is 0 Å². The second-order valence-corrected chi connectivity index (χ2v) is 8.99. The number of nitrogens with zero attached hydrogens (tertiary/aromatic N) is 4. The molecule has 0 aliphatic carbocycles. The number of benzene rings is 2. The molecule has 6 rings (SSSR count). The van der Waals surface area contributed by atoms with Gasteiger partial charge in [0.25, 0.3) is 12.3 Å². The molecule has 0 radical (unpaired) electrons. The van der Waals surface area contributed by atoms with Gasteiger partial charge in [-0.05, 0) is 49.6 Å². The molecule has 4 heterocycles. The zero-order valence-corrected chi connectivity index (χ0v) is 19.2. The van der Waals surface area contributed by atoms with Gasteiger partial charge in [0.2, 0.25) is 11.9 Å². The minimum Gasteiger partial charge on any atom is -0.396 e. The molecule has 0 unspecified atom stereocenters. The Morgan fingerprint density at radius 3 is 2.71 bits per heavy atom. The number of aliphatic hydroxyl groups is 1. The number of hydrogen-bond acceptors (Lipinski definition) is 5. The number of hydrogen-bond donors (Lipinski definition) is 2. The number of carbonyl (C=O) groups is 2. The van der Waals surface area contributed by atoms with Gasteiger partial charge in [-0.1, -0.05) is 12.1 Å². The number of anilines is 2. The van der Waals surface area contributed by atoms with E-state index in [4.69, 9.17) is 0 Å². The average Bonchev–Trinajstić information content (AvgIpc) is 2.99. The maximum absolute atomic E-state index is 13.1. The van der Waals surface area contributed by atoms with Crippen molar-refractivity contribution >= 4 is 34.5 Å². The van der Waals surface area contributed by atoms with Crippen molar-refractivity contribution in [3.05, 3.63) is 53.6 Å². The van der Waals surface area contributed by atoms with E-state index in [1.807, 2.05) is 23.1 Å². The van der Waals surface area contributed by atoms with E-state index in [0.717, 1.165) is 43.2 Å². The number of alkyl halides is 2. The normalized spacial score (nSPS) is 20.0. The quantitative estimate of drug-likeness (QED) is 0.538. The molecule has 3 aliphatic rings. The number of aromatic nitrogens is 2. The summed E-state index contributed by atoms with van der Waals surface area (Å²) in [5.41, 5.74) is 1.98. The molecule has 184 valence electrons. The van der Waals surface area contributed by atoms with Crippen molar-refractivity contribution < 1.29 is 23.5 Å². The summed E-state index contributed by atoms with van der Waals surface area (Å²) in [7, 11) is 0. The van der Waals surface area contributed by atoms with Crippen LogP contribution in [0.25, 0.3) is 11.0 Å². The third kappa shape index (κ3) is 4.63. The number of rotatable bonds is 7. The minimum absolute atomic E-state index is 0.0396. The molecule has 0 spiro atoms. The van der Waals surface area contributed by atoms with Gasteiger partial charge in [-0.3, -0.25) is 19.8 Å². The highest BCUT2D eigenvalue weighted by Gasteiger charge is 2.35. The highest BCUT2D eigenvalue weighted by Crippen LogP contribution is 2.31. The molecular weight excluding hydrogens is 456 g/mol. The predicted molar refractivity (Wildman–Crippen MR) is 128 cm³/mol. The molecular formula is C25H27F2N5O3. The second-order valence-electron chi connectivity index (χ2n) is 8.99. The van der Waals surface area contributed by atoms with Gasteiger partial charge in [-0.25, -0.2) is 13.8 Å². The highest BCUT2D eigenvalue weighted by molar-refractivity contribution is 6.04. The fraction of sp³-hybridized carbons (Fsp3) is 0.400. The Kier molecular flexibility index (Phi) is 6.48. The van der Waals surface area contributed by atoms with Gasteiger partial charge in [0.1, 0.15) is 0 Å². The molecule has 8 nitrogen and oxygen atoms in total. The summed E-state index contributed by atoms with van der Waals surface area (Å²) in [6.07, 6.45) is -0.384. The first-order valence-corrected chi connectivity index (χ1v) is 11.8. The Hall–Kier alpha value is -3.37. The van der Waals surface area contributed by atoms with Crippen LogP contribution in [0.3, 0.4) is 0 Å². The lowest BCUT2D eigenvalue weighted by atomic mass is 10.0. The Morgan fingerprint density at radius 2 is 1.97 bits per heavy atom. The van der Waals surface area contributed by atoms with E-state index in [2.05, 4.69) is 15.2 Å². The molecule has 10 heteroatoms. The Bertz CT molecular complexity index is 1250. The van der Waals surface area contributed by atoms with Crippen molar-refractivity contribution in [1.82, 2.24) is 14.5 Å². The monoisotopic (exact) mass is 483 g/mol. The molecule has 3 fully saturated rings. The molecule has 0 atom stereocenters. The third-order valence-corrected chi connectivity index (χ3v) is 6.73. The van der Waals surface area contributed by atoms with Crippen LogP contribution in [0.5, 0.6) is 0 Å². The summed E-state index contributed by atoms with van der Waals surface area (Å²) in [4.78, 5) is 34.4. The van der Waals surface area contributed by atoms with E-state index in [-0.39, 0.29) is 35.6 Å². The molecule has 1 aromatic heterocycles. The van der Waals surface area contributed by atoms with Crippen LogP contribution in [0.15, 0.2) is 42.5 Å². The van der Waals surface area contributed by atoms with Crippen LogP contribution >= 0.6 is 0 Å². The van der Waals surface area contributed by atoms with Crippen LogP contribution in [-0.4, -0.2) is 63.7 Å². The number of aliphatic hydroxyl groups excluding tert-OH is 1. The van der Waals surface area contributed by atoms with Crippen molar-refractivity contribution in [3.63, 3.8) is 0 Å². The largest absolute Gasteiger partial charge is 0.396 e. The first-order valence-electron chi connectivity index (χ1n) is 11.8. The Balaban J connectivity index is 1.48. The van der Waals surface area contributed by atoms with Crippen LogP contribution in [0.1, 0.15) is 41.6 Å². The van der Waals surface area contributed by atoms with E-state index in [1.54, 1.807) is 4.57 Å². The lowest BCUT2D eigenvalue weighted by Crippen LogP contribution is -2.40. The first-order chi connectivity index (χ1) is 16.9. The zero-order valence-electron chi connectivity index (χ0n) is 19.2. The van der Waals surface area contributed by atoms with Gasteiger partial charge in [0.05, 0.1) is 17.6 Å². The lowest BCUT2D eigenvalue weighted by Gasteiger charge is -2.31. The summed E-state index contributed by atoms with van der Waals surface area (Å²) in [5.74, 6) is -0.231. The van der Waals surface area contributed by atoms with Crippen molar-refractivity contribution in [3.8, 4) is 0 Å². The van der Waals surface area contributed by atoms with Gasteiger partial charge in [0, 0.05) is 49.1 Å². The molecule has 2 N–H and O–H groups in total. The van der Waals surface area contributed by atoms with Crippen molar-refractivity contribution in [2.45, 2.75) is 38.3 Å². The summed E-state index contributed by atoms with van der Waals surface area (Å²) in [6, 6.07) is 11.1. The third-order valence-electron chi connectivity index (χ3n) is 6.73. The van der Waals surface area contributed by atoms with Crippen LogP contribution in [-0.2, 0) is 11.3 Å². The number of imidazole rings is 1. The number of aryl methyl sites for hydroxylation is 1. The van der Waals surface area contributed by atoms with Crippen LogP contribution in [0, 0.1) is 0 Å². The number of piperidine rings is 1. The lowest BCUT2D eigenvalue weighted by molar-refractivity contribution is -0.118. The molecule has 2 aromatic carbocycles. The SMILES string of the molecule is O=C(Nc1nc2cc(N3C(=O)CN4CCC3CC4)ccc2n1CCCO)c1cccc(C(F)F)c1. The maximum Gasteiger partial charge on any atom is 0.263 e. The van der Waals surface area contributed by atoms with Crippen molar-refractivity contribution in [1.29, 1.82) is 0 Å². The molecule has 3 aliphatic heterocycles. The highest BCUT2D eigenvalue weighted by atomic mass is 19.3. The van der Waals surface area contributed by atoms with E-state index in [9.17, 15) is 23.5 Å². The van der Waals surface area contributed by atoms with Gasteiger partial charge in [-0.2, -0.15) is 0 Å². The van der Waals surface area contributed by atoms with Crippen LogP contribution in [0.2, 0.25) is 0 Å². The van der Waals surface area contributed by atoms with Gasteiger partial charge in [-0.15, -0.1) is 0 Å². The summed E-state index contributed by atoms with van der Waals surface area (Å²) in [6.45, 7) is 2.58. The topological polar surface area (TPSA) is 90.7 Å². The van der Waals surface area contributed by atoms with Gasteiger partial charge in [0.15, 0.2) is 0 Å². The van der Waals surface area contributed by atoms with Crippen LogP contribution < -0.4 is 10.2 Å². The van der Waals surface area contributed by atoms with E-state index < -0.39 is 12.3 Å². The second kappa shape index (κ2) is 9.71. The fourth-order valence-electron chi connectivity index (χ4n) is 4.97. The Morgan fingerprint density at radius 1 is 1.17 bits per heavy atom. The Labute approximate surface area is 201 Å².